The van der Waals surface area contributed by atoms with Crippen LogP contribution in [0.1, 0.15) is 65.7 Å². The third-order valence-corrected chi connectivity index (χ3v) is 5.14. The smallest absolute Gasteiger partial charge is 0.0906 e. The first-order valence-corrected chi connectivity index (χ1v) is 7.80. The molecule has 4 unspecified atom stereocenters. The average molecular weight is 238 g/mol. The largest absolute Gasteiger partial charge is 0.334 e. The number of hydrogen-bond acceptors (Lipinski definition) is 0. The van der Waals surface area contributed by atoms with Crippen molar-refractivity contribution in [3.8, 4) is 0 Å². The Balaban J connectivity index is 1.81. The van der Waals surface area contributed by atoms with Gasteiger partial charge >= 0.3 is 0 Å². The molecule has 17 heavy (non-hydrogen) atoms. The van der Waals surface area contributed by atoms with Gasteiger partial charge < -0.3 is 4.90 Å². The highest BCUT2D eigenvalue weighted by molar-refractivity contribution is 4.85. The summed E-state index contributed by atoms with van der Waals surface area (Å²) in [6.45, 7) is 8.59. The Morgan fingerprint density at radius 1 is 1.12 bits per heavy atom. The second-order valence-corrected chi connectivity index (χ2v) is 7.82. The van der Waals surface area contributed by atoms with Crippen molar-refractivity contribution in [1.29, 1.82) is 0 Å². The van der Waals surface area contributed by atoms with Crippen molar-refractivity contribution in [1.82, 2.24) is 0 Å². The molecular formula is C16H32N+. The summed E-state index contributed by atoms with van der Waals surface area (Å²) < 4.78 is 0. The van der Waals surface area contributed by atoms with E-state index in [1.807, 2.05) is 4.90 Å². The Labute approximate surface area is 108 Å². The minimum atomic E-state index is 0.531. The summed E-state index contributed by atoms with van der Waals surface area (Å²) in [6.07, 6.45) is 10.4. The number of quaternary nitrogens is 1. The maximum Gasteiger partial charge on any atom is 0.0906 e. The Hall–Kier alpha value is -0.0400. The molecule has 4 atom stereocenters. The Morgan fingerprint density at radius 2 is 1.82 bits per heavy atom. The second kappa shape index (κ2) is 5.30. The van der Waals surface area contributed by atoms with Crippen LogP contribution in [0.2, 0.25) is 0 Å². The fourth-order valence-electron chi connectivity index (χ4n) is 4.26. The highest BCUT2D eigenvalue weighted by atomic mass is 15.2. The highest BCUT2D eigenvalue weighted by Gasteiger charge is 2.43. The molecule has 0 aromatic carbocycles. The van der Waals surface area contributed by atoms with E-state index in [0.29, 0.717) is 5.41 Å². The number of rotatable bonds is 3. The first kappa shape index (κ1) is 13.4. The molecule has 1 N–H and O–H groups in total. The molecule has 1 heterocycles. The first-order valence-electron chi connectivity index (χ1n) is 7.80. The van der Waals surface area contributed by atoms with Crippen LogP contribution in [0.3, 0.4) is 0 Å². The lowest BCUT2D eigenvalue weighted by Gasteiger charge is -2.28. The van der Waals surface area contributed by atoms with Crippen LogP contribution in [0, 0.1) is 17.3 Å². The molecule has 2 aliphatic rings. The van der Waals surface area contributed by atoms with E-state index in [9.17, 15) is 0 Å². The summed E-state index contributed by atoms with van der Waals surface area (Å²) in [4.78, 5) is 1.84. The lowest BCUT2D eigenvalue weighted by molar-refractivity contribution is -0.896. The molecule has 1 saturated heterocycles. The Kier molecular flexibility index (Phi) is 4.18. The summed E-state index contributed by atoms with van der Waals surface area (Å²) in [7, 11) is 2.44. The summed E-state index contributed by atoms with van der Waals surface area (Å²) in [5, 5.41) is 0. The van der Waals surface area contributed by atoms with Gasteiger partial charge in [0.15, 0.2) is 0 Å². The molecular weight excluding hydrogens is 206 g/mol. The van der Waals surface area contributed by atoms with Gasteiger partial charge in [-0.3, -0.25) is 0 Å². The van der Waals surface area contributed by atoms with Crippen LogP contribution in [-0.2, 0) is 0 Å². The number of likely N-dealkylation sites (tertiary alicyclic amines) is 1. The van der Waals surface area contributed by atoms with Crippen LogP contribution < -0.4 is 4.90 Å². The molecule has 0 aromatic heterocycles. The summed E-state index contributed by atoms with van der Waals surface area (Å²) in [5.41, 5.74) is 0.531. The van der Waals surface area contributed by atoms with Gasteiger partial charge in [-0.25, -0.2) is 0 Å². The van der Waals surface area contributed by atoms with Crippen LogP contribution in [0.4, 0.5) is 0 Å². The van der Waals surface area contributed by atoms with Crippen molar-refractivity contribution < 1.29 is 4.90 Å². The topological polar surface area (TPSA) is 4.44 Å². The average Bonchev–Trinajstić information content (AvgIpc) is 2.55. The lowest BCUT2D eigenvalue weighted by Crippen LogP contribution is -3.11. The van der Waals surface area contributed by atoms with Gasteiger partial charge in [0.2, 0.25) is 0 Å². The predicted octanol–water partition coefficient (Wildman–Crippen LogP) is 2.91. The Bertz CT molecular complexity index is 240. The summed E-state index contributed by atoms with van der Waals surface area (Å²) in [5.74, 6) is 2.12. The lowest BCUT2D eigenvalue weighted by atomic mass is 9.77. The van der Waals surface area contributed by atoms with Crippen molar-refractivity contribution in [2.45, 2.75) is 71.8 Å². The minimum Gasteiger partial charge on any atom is -0.334 e. The van der Waals surface area contributed by atoms with Crippen LogP contribution in [0.5, 0.6) is 0 Å². The third-order valence-electron chi connectivity index (χ3n) is 5.14. The molecule has 1 aliphatic heterocycles. The van der Waals surface area contributed by atoms with Crippen molar-refractivity contribution in [3.05, 3.63) is 0 Å². The van der Waals surface area contributed by atoms with Gasteiger partial charge in [0.05, 0.1) is 19.6 Å². The molecule has 1 nitrogen and oxygen atoms in total. The quantitative estimate of drug-likeness (QED) is 0.771. The van der Waals surface area contributed by atoms with Crippen molar-refractivity contribution in [2.75, 3.05) is 13.6 Å². The zero-order valence-electron chi connectivity index (χ0n) is 12.4. The van der Waals surface area contributed by atoms with Gasteiger partial charge in [0.1, 0.15) is 0 Å². The van der Waals surface area contributed by atoms with Crippen LogP contribution in [-0.4, -0.2) is 19.6 Å². The fourth-order valence-corrected chi connectivity index (χ4v) is 4.26. The number of hydrogen-bond donors (Lipinski definition) is 1. The van der Waals surface area contributed by atoms with Crippen molar-refractivity contribution in [2.24, 2.45) is 17.3 Å². The summed E-state index contributed by atoms with van der Waals surface area (Å²) >= 11 is 0. The molecule has 0 spiro atoms. The minimum absolute atomic E-state index is 0.531. The molecule has 0 bridgehead atoms. The van der Waals surface area contributed by atoms with Gasteiger partial charge in [-0.15, -0.1) is 0 Å². The van der Waals surface area contributed by atoms with Gasteiger partial charge in [-0.05, 0) is 37.5 Å². The monoisotopic (exact) mass is 238 g/mol. The molecule has 2 rings (SSSR count). The molecule has 1 saturated carbocycles. The molecule has 0 amide bonds. The predicted molar refractivity (Wildman–Crippen MR) is 74.3 cm³/mol. The molecule has 0 radical (unpaired) electrons. The molecule has 0 aromatic rings. The maximum absolute atomic E-state index is 2.44. The van der Waals surface area contributed by atoms with Crippen molar-refractivity contribution in [3.63, 3.8) is 0 Å². The molecule has 100 valence electrons. The Morgan fingerprint density at radius 3 is 2.53 bits per heavy atom. The van der Waals surface area contributed by atoms with E-state index < -0.39 is 0 Å². The van der Waals surface area contributed by atoms with E-state index in [-0.39, 0.29) is 0 Å². The first-order chi connectivity index (χ1) is 7.97. The number of fused-ring (bicyclic) bond motifs is 1. The van der Waals surface area contributed by atoms with E-state index in [1.165, 1.54) is 51.5 Å². The standard InChI is InChI=1S/C16H31N/c1-16(2,3)11-7-8-13-12-17(4)15-10-6-5-9-14(13)15/h13-15H,5-12H2,1-4H3/p+1. The SMILES string of the molecule is C[NH+]1CC(CCCC(C)(C)C)C2CCCCC21. The van der Waals surface area contributed by atoms with Crippen LogP contribution in [0.15, 0.2) is 0 Å². The van der Waals surface area contributed by atoms with E-state index in [2.05, 4.69) is 27.8 Å². The van der Waals surface area contributed by atoms with Crippen LogP contribution in [0.25, 0.3) is 0 Å². The van der Waals surface area contributed by atoms with Crippen LogP contribution >= 0.6 is 0 Å². The normalized spacial score (nSPS) is 38.1. The zero-order valence-corrected chi connectivity index (χ0v) is 12.4. The van der Waals surface area contributed by atoms with Gasteiger partial charge in [0.25, 0.3) is 0 Å². The van der Waals surface area contributed by atoms with Gasteiger partial charge in [-0.1, -0.05) is 33.6 Å². The van der Waals surface area contributed by atoms with Crippen molar-refractivity contribution >= 4 is 0 Å². The molecule has 1 heteroatoms. The van der Waals surface area contributed by atoms with E-state index >= 15 is 0 Å². The second-order valence-electron chi connectivity index (χ2n) is 7.82. The van der Waals surface area contributed by atoms with E-state index in [1.54, 1.807) is 0 Å². The summed E-state index contributed by atoms with van der Waals surface area (Å²) in [6, 6.07) is 1.02. The molecule has 2 fully saturated rings. The zero-order chi connectivity index (χ0) is 12.5. The molecule has 1 aliphatic carbocycles. The fraction of sp³-hybridized carbons (Fsp3) is 1.00. The van der Waals surface area contributed by atoms with Gasteiger partial charge in [-0.2, -0.15) is 0 Å². The maximum atomic E-state index is 2.44. The number of nitrogens with one attached hydrogen (secondary N) is 1. The third kappa shape index (κ3) is 3.47. The van der Waals surface area contributed by atoms with Gasteiger partial charge in [0, 0.05) is 11.8 Å². The van der Waals surface area contributed by atoms with E-state index in [0.717, 1.165) is 17.9 Å². The highest BCUT2D eigenvalue weighted by Crippen LogP contribution is 2.35. The van der Waals surface area contributed by atoms with E-state index in [4.69, 9.17) is 0 Å².